The number of anilines is 1. The SMILES string of the molecule is CC(C)NC(=O)C(Cc1ccccc1)N(Cc1c(Cl)cccc1Cl)C(=O)CN(c1cc(C(F)(F)F)ccc1Cl)S(=O)(=O)c1ccccc1. The lowest BCUT2D eigenvalue weighted by Gasteiger charge is -2.34. The first-order chi connectivity index (χ1) is 22.6. The Labute approximate surface area is 292 Å². The van der Waals surface area contributed by atoms with E-state index in [4.69, 9.17) is 34.8 Å². The molecule has 4 aromatic rings. The molecule has 0 radical (unpaired) electrons. The summed E-state index contributed by atoms with van der Waals surface area (Å²) in [5, 5.41) is 2.82. The van der Waals surface area contributed by atoms with Crippen LogP contribution < -0.4 is 9.62 Å². The van der Waals surface area contributed by atoms with Gasteiger partial charge in [-0.05, 0) is 61.9 Å². The van der Waals surface area contributed by atoms with E-state index in [1.165, 1.54) is 24.3 Å². The summed E-state index contributed by atoms with van der Waals surface area (Å²) < 4.78 is 70.3. The van der Waals surface area contributed by atoms with Gasteiger partial charge in [-0.15, -0.1) is 0 Å². The van der Waals surface area contributed by atoms with Crippen LogP contribution in [0.4, 0.5) is 18.9 Å². The largest absolute Gasteiger partial charge is 0.416 e. The van der Waals surface area contributed by atoms with Crippen LogP contribution in [0.2, 0.25) is 15.1 Å². The molecule has 0 saturated carbocycles. The lowest BCUT2D eigenvalue weighted by Crippen LogP contribution is -2.54. The van der Waals surface area contributed by atoms with E-state index in [0.717, 1.165) is 11.0 Å². The Morgan fingerprint density at radius 2 is 1.40 bits per heavy atom. The van der Waals surface area contributed by atoms with Crippen LogP contribution in [0.3, 0.4) is 0 Å². The number of carbonyl (C=O) groups is 2. The average Bonchev–Trinajstić information content (AvgIpc) is 3.03. The molecule has 2 amide bonds. The van der Waals surface area contributed by atoms with Gasteiger partial charge < -0.3 is 10.2 Å². The van der Waals surface area contributed by atoms with Crippen molar-refractivity contribution in [1.82, 2.24) is 10.2 Å². The number of hydrogen-bond acceptors (Lipinski definition) is 4. The first kappa shape index (κ1) is 37.1. The standard InChI is InChI=1S/C34H31Cl3F3N3O4S/c1-22(2)41-33(45)31(18-23-10-5-3-6-11-23)42(20-26-27(35)14-9-15-28(26)36)32(44)21-43(48(46,47)25-12-7-4-8-13-25)30-19-24(34(38,39)40)16-17-29(30)37/h3-17,19,22,31H,18,20-21H2,1-2H3,(H,41,45). The number of alkyl halides is 3. The number of nitrogens with zero attached hydrogens (tertiary/aromatic N) is 2. The average molecular weight is 741 g/mol. The summed E-state index contributed by atoms with van der Waals surface area (Å²) in [4.78, 5) is 29.2. The molecule has 0 aliphatic carbocycles. The van der Waals surface area contributed by atoms with Gasteiger partial charge in [0, 0.05) is 34.6 Å². The third-order valence-electron chi connectivity index (χ3n) is 7.24. The molecule has 0 spiro atoms. The number of halogens is 6. The molecule has 0 saturated heterocycles. The summed E-state index contributed by atoms with van der Waals surface area (Å²) in [6.45, 7) is 2.10. The van der Waals surface area contributed by atoms with Gasteiger partial charge in [-0.3, -0.25) is 13.9 Å². The predicted molar refractivity (Wildman–Crippen MR) is 182 cm³/mol. The molecule has 0 aliphatic rings. The van der Waals surface area contributed by atoms with E-state index in [-0.39, 0.29) is 44.5 Å². The molecule has 4 rings (SSSR count). The van der Waals surface area contributed by atoms with E-state index >= 15 is 0 Å². The van der Waals surface area contributed by atoms with Crippen LogP contribution in [0, 0.1) is 0 Å². The van der Waals surface area contributed by atoms with E-state index in [1.54, 1.807) is 68.4 Å². The number of amides is 2. The van der Waals surface area contributed by atoms with E-state index in [0.29, 0.717) is 22.0 Å². The molecule has 7 nitrogen and oxygen atoms in total. The number of sulfonamides is 1. The lowest BCUT2D eigenvalue weighted by atomic mass is 10.0. The van der Waals surface area contributed by atoms with E-state index in [1.807, 2.05) is 0 Å². The van der Waals surface area contributed by atoms with Gasteiger partial charge in [0.05, 0.1) is 21.2 Å². The highest BCUT2D eigenvalue weighted by molar-refractivity contribution is 7.92. The van der Waals surface area contributed by atoms with Gasteiger partial charge in [0.15, 0.2) is 0 Å². The molecule has 0 bridgehead atoms. The third-order valence-corrected chi connectivity index (χ3v) is 10.0. The first-order valence-electron chi connectivity index (χ1n) is 14.6. The van der Waals surface area contributed by atoms with Crippen LogP contribution >= 0.6 is 34.8 Å². The molecule has 48 heavy (non-hydrogen) atoms. The molecule has 0 aliphatic heterocycles. The van der Waals surface area contributed by atoms with Gasteiger partial charge in [-0.1, -0.05) is 89.4 Å². The van der Waals surface area contributed by atoms with E-state index in [9.17, 15) is 31.2 Å². The highest BCUT2D eigenvalue weighted by atomic mass is 35.5. The monoisotopic (exact) mass is 739 g/mol. The maximum Gasteiger partial charge on any atom is 0.416 e. The minimum absolute atomic E-state index is 0.00293. The van der Waals surface area contributed by atoms with Crippen molar-refractivity contribution in [2.24, 2.45) is 0 Å². The summed E-state index contributed by atoms with van der Waals surface area (Å²) in [5.41, 5.74) is -0.801. The normalized spacial score (nSPS) is 12.4. The molecular weight excluding hydrogens is 710 g/mol. The topological polar surface area (TPSA) is 86.8 Å². The van der Waals surface area contributed by atoms with Crippen molar-refractivity contribution in [2.45, 2.75) is 50.0 Å². The molecule has 0 heterocycles. The highest BCUT2D eigenvalue weighted by Gasteiger charge is 2.38. The Hall–Kier alpha value is -3.77. The van der Waals surface area contributed by atoms with E-state index in [2.05, 4.69) is 5.32 Å². The van der Waals surface area contributed by atoms with Crippen molar-refractivity contribution in [3.05, 3.63) is 129 Å². The zero-order valence-electron chi connectivity index (χ0n) is 25.7. The Morgan fingerprint density at radius 1 is 0.812 bits per heavy atom. The Kier molecular flexibility index (Phi) is 12.1. The second kappa shape index (κ2) is 15.6. The predicted octanol–water partition coefficient (Wildman–Crippen LogP) is 8.03. The van der Waals surface area contributed by atoms with Gasteiger partial charge in [-0.2, -0.15) is 13.2 Å². The Balaban J connectivity index is 1.90. The van der Waals surface area contributed by atoms with Crippen LogP contribution in [-0.4, -0.2) is 43.8 Å². The Bertz CT molecular complexity index is 1840. The fraction of sp³-hybridized carbons (Fsp3) is 0.235. The van der Waals surface area contributed by atoms with E-state index < -0.39 is 51.9 Å². The minimum Gasteiger partial charge on any atom is -0.352 e. The molecule has 1 N–H and O–H groups in total. The molecule has 1 atom stereocenters. The summed E-state index contributed by atoms with van der Waals surface area (Å²) in [5.74, 6) is -1.49. The van der Waals surface area contributed by atoms with Crippen LogP contribution in [0.25, 0.3) is 0 Å². The molecule has 4 aromatic carbocycles. The number of rotatable bonds is 12. The molecule has 14 heteroatoms. The van der Waals surface area contributed by atoms with Crippen molar-refractivity contribution in [2.75, 3.05) is 10.8 Å². The van der Waals surface area contributed by atoms with Gasteiger partial charge >= 0.3 is 6.18 Å². The van der Waals surface area contributed by atoms with Gasteiger partial charge in [0.2, 0.25) is 11.8 Å². The number of nitrogens with one attached hydrogen (secondary N) is 1. The van der Waals surface area contributed by atoms with Gasteiger partial charge in [0.1, 0.15) is 12.6 Å². The summed E-state index contributed by atoms with van der Waals surface area (Å²) in [7, 11) is -4.70. The molecular formula is C34H31Cl3F3N3O4S. The maximum atomic E-state index is 14.5. The van der Waals surface area contributed by atoms with Crippen LogP contribution in [0.5, 0.6) is 0 Å². The Morgan fingerprint density at radius 3 is 1.96 bits per heavy atom. The molecule has 254 valence electrons. The lowest BCUT2D eigenvalue weighted by molar-refractivity contribution is -0.140. The van der Waals surface area contributed by atoms with Crippen LogP contribution in [0.15, 0.2) is 102 Å². The summed E-state index contributed by atoms with van der Waals surface area (Å²) in [6.07, 6.45) is -4.85. The van der Waals surface area contributed by atoms with Crippen molar-refractivity contribution in [1.29, 1.82) is 0 Å². The number of benzene rings is 4. The van der Waals surface area contributed by atoms with Gasteiger partial charge in [-0.25, -0.2) is 8.42 Å². The van der Waals surface area contributed by atoms with Crippen molar-refractivity contribution < 1.29 is 31.2 Å². The van der Waals surface area contributed by atoms with Crippen molar-refractivity contribution >= 4 is 62.3 Å². The minimum atomic E-state index is -4.85. The van der Waals surface area contributed by atoms with Crippen molar-refractivity contribution in [3.8, 4) is 0 Å². The fourth-order valence-electron chi connectivity index (χ4n) is 4.90. The molecule has 0 fully saturated rings. The van der Waals surface area contributed by atoms with Crippen molar-refractivity contribution in [3.63, 3.8) is 0 Å². The highest BCUT2D eigenvalue weighted by Crippen LogP contribution is 2.38. The molecule has 0 aromatic heterocycles. The number of carbonyl (C=O) groups excluding carboxylic acids is 2. The number of hydrogen-bond donors (Lipinski definition) is 1. The first-order valence-corrected chi connectivity index (χ1v) is 17.2. The summed E-state index contributed by atoms with van der Waals surface area (Å²) in [6, 6.07) is 21.0. The van der Waals surface area contributed by atoms with Crippen LogP contribution in [-0.2, 0) is 38.8 Å². The molecule has 1 unspecified atom stereocenters. The smallest absolute Gasteiger partial charge is 0.352 e. The zero-order chi connectivity index (χ0) is 35.2. The maximum absolute atomic E-state index is 14.5. The van der Waals surface area contributed by atoms with Crippen LogP contribution in [0.1, 0.15) is 30.5 Å². The second-order valence-electron chi connectivity index (χ2n) is 11.1. The summed E-state index contributed by atoms with van der Waals surface area (Å²) >= 11 is 19.3. The quantitative estimate of drug-likeness (QED) is 0.160. The zero-order valence-corrected chi connectivity index (χ0v) is 28.8. The fourth-order valence-corrected chi connectivity index (χ4v) is 7.13. The third kappa shape index (κ3) is 9.02. The van der Waals surface area contributed by atoms with Gasteiger partial charge in [0.25, 0.3) is 10.0 Å². The second-order valence-corrected chi connectivity index (χ2v) is 14.2.